The van der Waals surface area contributed by atoms with Crippen LogP contribution in [0.5, 0.6) is 0 Å². The third-order valence-corrected chi connectivity index (χ3v) is 3.51. The number of hydrogen-bond acceptors (Lipinski definition) is 5. The largest absolute Gasteiger partial charge is 0.268 e. The van der Waals surface area contributed by atoms with Crippen LogP contribution in [0.25, 0.3) is 0 Å². The fourth-order valence-electron chi connectivity index (χ4n) is 1.34. The first-order valence-electron chi connectivity index (χ1n) is 4.77. The van der Waals surface area contributed by atoms with Crippen molar-refractivity contribution in [3.05, 3.63) is 41.9 Å². The molecule has 0 aromatic carbocycles. The molecule has 0 aliphatic carbocycles. The summed E-state index contributed by atoms with van der Waals surface area (Å²) >= 11 is 6.88. The molecule has 0 spiro atoms. The lowest BCUT2D eigenvalue weighted by Gasteiger charge is -2.06. The van der Waals surface area contributed by atoms with Gasteiger partial charge in [0.05, 0.1) is 6.54 Å². The van der Waals surface area contributed by atoms with Crippen LogP contribution in [-0.2, 0) is 6.54 Å². The third kappa shape index (κ3) is 2.16. The van der Waals surface area contributed by atoms with Gasteiger partial charge in [0.2, 0.25) is 0 Å². The van der Waals surface area contributed by atoms with Crippen molar-refractivity contribution in [2.45, 2.75) is 20.4 Å². The number of aromatic amines is 1. The first kappa shape index (κ1) is 12.0. The number of aromatic nitrogens is 4. The standard InChI is InChI=1S/C9H9ClN4O2S/c1-4-5(2)9(16)14(12-8(4)15)3-6-7(10)17-13-11-6/h3H2,1-2H3,(H,12,15). The van der Waals surface area contributed by atoms with Crippen molar-refractivity contribution >= 4 is 23.1 Å². The minimum Gasteiger partial charge on any atom is -0.268 e. The van der Waals surface area contributed by atoms with E-state index in [4.69, 9.17) is 11.6 Å². The Hall–Kier alpha value is -1.47. The molecule has 0 saturated carbocycles. The van der Waals surface area contributed by atoms with E-state index in [9.17, 15) is 9.59 Å². The zero-order chi connectivity index (χ0) is 12.6. The molecule has 2 aromatic heterocycles. The highest BCUT2D eigenvalue weighted by molar-refractivity contribution is 7.10. The second-order valence-corrected chi connectivity index (χ2v) is 4.93. The van der Waals surface area contributed by atoms with Crippen molar-refractivity contribution in [3.63, 3.8) is 0 Å². The van der Waals surface area contributed by atoms with Crippen LogP contribution in [0.15, 0.2) is 9.59 Å². The van der Waals surface area contributed by atoms with Crippen LogP contribution < -0.4 is 11.1 Å². The van der Waals surface area contributed by atoms with Gasteiger partial charge in [-0.3, -0.25) is 14.7 Å². The molecule has 1 N–H and O–H groups in total. The topological polar surface area (TPSA) is 80.6 Å². The molecule has 2 aromatic rings. The van der Waals surface area contributed by atoms with Crippen LogP contribution in [-0.4, -0.2) is 19.4 Å². The van der Waals surface area contributed by atoms with E-state index in [-0.39, 0.29) is 17.7 Å². The summed E-state index contributed by atoms with van der Waals surface area (Å²) < 4.78 is 5.26. The maximum absolute atomic E-state index is 11.9. The van der Waals surface area contributed by atoms with Gasteiger partial charge >= 0.3 is 0 Å². The number of H-pyrrole nitrogens is 1. The monoisotopic (exact) mass is 272 g/mol. The summed E-state index contributed by atoms with van der Waals surface area (Å²) in [5.74, 6) is 0. The molecule has 0 aliphatic rings. The van der Waals surface area contributed by atoms with Gasteiger partial charge in [-0.15, -0.1) is 5.10 Å². The molecule has 0 aliphatic heterocycles. The number of hydrogen-bond donors (Lipinski definition) is 1. The third-order valence-electron chi connectivity index (χ3n) is 2.52. The van der Waals surface area contributed by atoms with E-state index < -0.39 is 0 Å². The predicted octanol–water partition coefficient (Wildman–Crippen LogP) is 0.707. The first-order chi connectivity index (χ1) is 8.00. The van der Waals surface area contributed by atoms with E-state index in [0.29, 0.717) is 21.2 Å². The summed E-state index contributed by atoms with van der Waals surface area (Å²) in [6.07, 6.45) is 0. The summed E-state index contributed by atoms with van der Waals surface area (Å²) in [7, 11) is 0. The van der Waals surface area contributed by atoms with E-state index in [1.807, 2.05) is 0 Å². The van der Waals surface area contributed by atoms with Crippen molar-refractivity contribution in [1.29, 1.82) is 0 Å². The molecular weight excluding hydrogens is 264 g/mol. The van der Waals surface area contributed by atoms with Gasteiger partial charge in [-0.1, -0.05) is 16.1 Å². The first-order valence-corrected chi connectivity index (χ1v) is 5.93. The van der Waals surface area contributed by atoms with Crippen LogP contribution in [0.4, 0.5) is 0 Å². The summed E-state index contributed by atoms with van der Waals surface area (Å²) in [5.41, 5.74) is 0.770. The summed E-state index contributed by atoms with van der Waals surface area (Å²) in [5, 5.41) is 6.27. The van der Waals surface area contributed by atoms with Crippen LogP contribution >= 0.6 is 23.1 Å². The predicted molar refractivity (Wildman–Crippen MR) is 64.8 cm³/mol. The zero-order valence-electron chi connectivity index (χ0n) is 9.15. The van der Waals surface area contributed by atoms with E-state index in [0.717, 1.165) is 11.5 Å². The molecular formula is C9H9ClN4O2S. The van der Waals surface area contributed by atoms with Gasteiger partial charge in [-0.2, -0.15) is 0 Å². The van der Waals surface area contributed by atoms with Gasteiger partial charge in [0, 0.05) is 22.7 Å². The molecule has 0 fully saturated rings. The second-order valence-electron chi connectivity index (χ2n) is 3.58. The van der Waals surface area contributed by atoms with Gasteiger partial charge in [-0.25, -0.2) is 4.68 Å². The van der Waals surface area contributed by atoms with Crippen molar-refractivity contribution in [2.75, 3.05) is 0 Å². The molecule has 6 nitrogen and oxygen atoms in total. The van der Waals surface area contributed by atoms with Gasteiger partial charge in [0.25, 0.3) is 11.1 Å². The minimum absolute atomic E-state index is 0.116. The zero-order valence-corrected chi connectivity index (χ0v) is 10.7. The van der Waals surface area contributed by atoms with Crippen molar-refractivity contribution in [1.82, 2.24) is 19.4 Å². The maximum atomic E-state index is 11.9. The highest BCUT2D eigenvalue weighted by atomic mass is 35.5. The molecule has 17 heavy (non-hydrogen) atoms. The number of halogens is 1. The van der Waals surface area contributed by atoms with E-state index >= 15 is 0 Å². The Bertz CT molecular complexity index is 672. The molecule has 2 heterocycles. The SMILES string of the molecule is Cc1c(C)c(=O)n(Cc2nnsc2Cl)[nH]c1=O. The van der Waals surface area contributed by atoms with Crippen molar-refractivity contribution in [3.8, 4) is 0 Å². The van der Waals surface area contributed by atoms with Crippen LogP contribution in [0.1, 0.15) is 16.8 Å². The highest BCUT2D eigenvalue weighted by Gasteiger charge is 2.11. The van der Waals surface area contributed by atoms with E-state index in [1.54, 1.807) is 13.8 Å². The number of nitrogens with one attached hydrogen (secondary N) is 1. The molecule has 0 bridgehead atoms. The summed E-state index contributed by atoms with van der Waals surface area (Å²) in [4.78, 5) is 23.4. The van der Waals surface area contributed by atoms with Crippen molar-refractivity contribution in [2.24, 2.45) is 0 Å². The van der Waals surface area contributed by atoms with Gasteiger partial charge < -0.3 is 0 Å². The Morgan fingerprint density at radius 1 is 1.35 bits per heavy atom. The minimum atomic E-state index is -0.290. The molecule has 0 saturated heterocycles. The lowest BCUT2D eigenvalue weighted by Crippen LogP contribution is -2.33. The molecule has 0 radical (unpaired) electrons. The maximum Gasteiger partial charge on any atom is 0.268 e. The quantitative estimate of drug-likeness (QED) is 0.873. The van der Waals surface area contributed by atoms with E-state index in [2.05, 4.69) is 14.7 Å². The Morgan fingerprint density at radius 3 is 2.65 bits per heavy atom. The van der Waals surface area contributed by atoms with Gasteiger partial charge in [0.1, 0.15) is 10.0 Å². The Morgan fingerprint density at radius 2 is 2.06 bits per heavy atom. The molecule has 0 amide bonds. The fraction of sp³-hybridized carbons (Fsp3) is 0.333. The normalized spacial score (nSPS) is 10.8. The Kier molecular flexibility index (Phi) is 3.12. The second kappa shape index (κ2) is 4.42. The number of nitrogens with zero attached hydrogens (tertiary/aromatic N) is 3. The van der Waals surface area contributed by atoms with Gasteiger partial charge in [0.15, 0.2) is 0 Å². The highest BCUT2D eigenvalue weighted by Crippen LogP contribution is 2.17. The lowest BCUT2D eigenvalue weighted by atomic mass is 10.2. The molecule has 90 valence electrons. The number of rotatable bonds is 2. The van der Waals surface area contributed by atoms with Crippen molar-refractivity contribution < 1.29 is 0 Å². The summed E-state index contributed by atoms with van der Waals surface area (Å²) in [6.45, 7) is 3.34. The van der Waals surface area contributed by atoms with Gasteiger partial charge in [-0.05, 0) is 13.8 Å². The molecule has 8 heteroatoms. The molecule has 0 unspecified atom stereocenters. The summed E-state index contributed by atoms with van der Waals surface area (Å²) in [6, 6.07) is 0. The average Bonchev–Trinajstić information content (AvgIpc) is 2.69. The molecule has 2 rings (SSSR count). The average molecular weight is 273 g/mol. The van der Waals surface area contributed by atoms with Crippen LogP contribution in [0.2, 0.25) is 4.34 Å². The Labute approximate surface area is 105 Å². The smallest absolute Gasteiger partial charge is 0.268 e. The molecule has 0 atom stereocenters. The fourth-order valence-corrected chi connectivity index (χ4v) is 1.95. The van der Waals surface area contributed by atoms with Crippen LogP contribution in [0, 0.1) is 13.8 Å². The lowest BCUT2D eigenvalue weighted by molar-refractivity contribution is 0.607. The van der Waals surface area contributed by atoms with Crippen LogP contribution in [0.3, 0.4) is 0 Å². The Balaban J connectivity index is 2.52. The van der Waals surface area contributed by atoms with E-state index in [1.165, 1.54) is 4.68 Å².